The molecule has 1 amide bonds. The van der Waals surface area contributed by atoms with Gasteiger partial charge in [0.2, 0.25) is 0 Å². The van der Waals surface area contributed by atoms with Gasteiger partial charge >= 0.3 is 0 Å². The molecule has 0 atom stereocenters. The molecule has 2 rings (SSSR count). The molecule has 7 heteroatoms. The molecule has 0 fully saturated rings. The SMILES string of the molecule is CCCOc1ccc(C(=O)NC(=S)Nc2cccc(O)c2)cc1Br. The predicted octanol–water partition coefficient (Wildman–Crippen LogP) is 4.07. The second-order valence-corrected chi connectivity index (χ2v) is 6.21. The minimum Gasteiger partial charge on any atom is -0.508 e. The highest BCUT2D eigenvalue weighted by Crippen LogP contribution is 2.26. The van der Waals surface area contributed by atoms with Crippen LogP contribution in [0.15, 0.2) is 46.9 Å². The number of benzene rings is 2. The topological polar surface area (TPSA) is 70.6 Å². The van der Waals surface area contributed by atoms with Crippen LogP contribution >= 0.6 is 28.1 Å². The van der Waals surface area contributed by atoms with Gasteiger partial charge in [-0.3, -0.25) is 10.1 Å². The maximum atomic E-state index is 12.2. The lowest BCUT2D eigenvalue weighted by Crippen LogP contribution is -2.34. The molecule has 5 nitrogen and oxygen atoms in total. The molecular weight excluding hydrogens is 392 g/mol. The smallest absolute Gasteiger partial charge is 0.257 e. The van der Waals surface area contributed by atoms with Crippen molar-refractivity contribution >= 4 is 44.9 Å². The van der Waals surface area contributed by atoms with Gasteiger partial charge in [0.25, 0.3) is 5.91 Å². The van der Waals surface area contributed by atoms with Crippen molar-refractivity contribution in [2.24, 2.45) is 0 Å². The van der Waals surface area contributed by atoms with Gasteiger partial charge in [0.1, 0.15) is 11.5 Å². The number of hydrogen-bond donors (Lipinski definition) is 3. The molecule has 0 saturated heterocycles. The van der Waals surface area contributed by atoms with Crippen LogP contribution in [0.5, 0.6) is 11.5 Å². The Kier molecular flexibility index (Phi) is 6.57. The maximum Gasteiger partial charge on any atom is 0.257 e. The van der Waals surface area contributed by atoms with Crippen molar-refractivity contribution in [2.75, 3.05) is 11.9 Å². The van der Waals surface area contributed by atoms with Gasteiger partial charge in [0.05, 0.1) is 11.1 Å². The number of anilines is 1. The number of phenolic OH excluding ortho intramolecular Hbond substituents is 1. The number of carbonyl (C=O) groups excluding carboxylic acids is 1. The molecule has 2 aromatic carbocycles. The lowest BCUT2D eigenvalue weighted by atomic mass is 10.2. The van der Waals surface area contributed by atoms with Crippen molar-refractivity contribution in [3.8, 4) is 11.5 Å². The zero-order valence-corrected chi connectivity index (χ0v) is 15.4. The molecule has 0 saturated carbocycles. The summed E-state index contributed by atoms with van der Waals surface area (Å²) in [4.78, 5) is 12.2. The van der Waals surface area contributed by atoms with Crippen LogP contribution in [0.25, 0.3) is 0 Å². The Bertz CT molecular complexity index is 752. The van der Waals surface area contributed by atoms with Gasteiger partial charge in [-0.15, -0.1) is 0 Å². The minimum atomic E-state index is -0.338. The summed E-state index contributed by atoms with van der Waals surface area (Å²) >= 11 is 8.50. The normalized spacial score (nSPS) is 10.1. The molecule has 0 unspecified atom stereocenters. The van der Waals surface area contributed by atoms with Crippen LogP contribution in [0.4, 0.5) is 5.69 Å². The van der Waals surface area contributed by atoms with Gasteiger partial charge in [0.15, 0.2) is 5.11 Å². The van der Waals surface area contributed by atoms with Crippen LogP contribution in [0.3, 0.4) is 0 Å². The van der Waals surface area contributed by atoms with E-state index in [4.69, 9.17) is 17.0 Å². The van der Waals surface area contributed by atoms with Crippen LogP contribution in [0.1, 0.15) is 23.7 Å². The summed E-state index contributed by atoms with van der Waals surface area (Å²) in [5.74, 6) is 0.463. The fraction of sp³-hybridized carbons (Fsp3) is 0.176. The monoisotopic (exact) mass is 408 g/mol. The highest BCUT2D eigenvalue weighted by molar-refractivity contribution is 9.10. The number of amides is 1. The number of phenols is 1. The first-order valence-corrected chi connectivity index (χ1v) is 8.53. The van der Waals surface area contributed by atoms with E-state index >= 15 is 0 Å². The van der Waals surface area contributed by atoms with Gasteiger partial charge in [-0.2, -0.15) is 0 Å². The van der Waals surface area contributed by atoms with Crippen LogP contribution in [0, 0.1) is 0 Å². The second kappa shape index (κ2) is 8.65. The molecular formula is C17H17BrN2O3S. The van der Waals surface area contributed by atoms with E-state index < -0.39 is 0 Å². The first-order valence-electron chi connectivity index (χ1n) is 7.33. The first-order chi connectivity index (χ1) is 11.5. The summed E-state index contributed by atoms with van der Waals surface area (Å²) in [5, 5.41) is 15.0. The number of carbonyl (C=O) groups is 1. The number of nitrogens with one attached hydrogen (secondary N) is 2. The van der Waals surface area contributed by atoms with Crippen molar-refractivity contribution in [1.29, 1.82) is 0 Å². The van der Waals surface area contributed by atoms with E-state index in [1.165, 1.54) is 6.07 Å². The molecule has 0 aliphatic heterocycles. The Hall–Kier alpha value is -2.12. The fourth-order valence-corrected chi connectivity index (χ4v) is 2.60. The molecule has 0 spiro atoms. The average Bonchev–Trinajstić information content (AvgIpc) is 2.53. The summed E-state index contributed by atoms with van der Waals surface area (Å²) in [7, 11) is 0. The van der Waals surface area contributed by atoms with Crippen molar-refractivity contribution in [1.82, 2.24) is 5.32 Å². The highest BCUT2D eigenvalue weighted by Gasteiger charge is 2.11. The molecule has 0 aliphatic rings. The summed E-state index contributed by atoms with van der Waals surface area (Å²) in [5.41, 5.74) is 1.04. The van der Waals surface area contributed by atoms with Crippen LogP contribution < -0.4 is 15.4 Å². The number of halogens is 1. The lowest BCUT2D eigenvalue weighted by Gasteiger charge is -2.11. The Morgan fingerprint density at radius 3 is 2.75 bits per heavy atom. The highest BCUT2D eigenvalue weighted by atomic mass is 79.9. The summed E-state index contributed by atoms with van der Waals surface area (Å²) in [6, 6.07) is 11.5. The molecule has 0 aliphatic carbocycles. The zero-order chi connectivity index (χ0) is 17.5. The van der Waals surface area contributed by atoms with Gasteiger partial charge in [0, 0.05) is 17.3 Å². The molecule has 0 radical (unpaired) electrons. The Balaban J connectivity index is 1.98. The quantitative estimate of drug-likeness (QED) is 0.650. The molecule has 0 bridgehead atoms. The Morgan fingerprint density at radius 1 is 1.29 bits per heavy atom. The van der Waals surface area contributed by atoms with E-state index in [2.05, 4.69) is 26.6 Å². The lowest BCUT2D eigenvalue weighted by molar-refractivity contribution is 0.0977. The number of aromatic hydroxyl groups is 1. The molecule has 2 aromatic rings. The summed E-state index contributed by atoms with van der Waals surface area (Å²) < 4.78 is 6.26. The van der Waals surface area contributed by atoms with E-state index in [0.29, 0.717) is 28.1 Å². The summed E-state index contributed by atoms with van der Waals surface area (Å²) in [6.45, 7) is 2.64. The maximum absolute atomic E-state index is 12.2. The average molecular weight is 409 g/mol. The van der Waals surface area contributed by atoms with Crippen LogP contribution in [-0.4, -0.2) is 22.7 Å². The van der Waals surface area contributed by atoms with Gasteiger partial charge < -0.3 is 15.2 Å². The third-order valence-electron chi connectivity index (χ3n) is 2.99. The first kappa shape index (κ1) is 18.2. The number of hydrogen-bond acceptors (Lipinski definition) is 4. The molecule has 3 N–H and O–H groups in total. The van der Waals surface area contributed by atoms with Crippen molar-refractivity contribution in [3.63, 3.8) is 0 Å². The largest absolute Gasteiger partial charge is 0.508 e. The fourth-order valence-electron chi connectivity index (χ4n) is 1.89. The van der Waals surface area contributed by atoms with E-state index in [1.54, 1.807) is 36.4 Å². The third kappa shape index (κ3) is 5.21. The van der Waals surface area contributed by atoms with Crippen molar-refractivity contribution < 1.29 is 14.6 Å². The van der Waals surface area contributed by atoms with Crippen LogP contribution in [-0.2, 0) is 0 Å². The molecule has 0 heterocycles. The Morgan fingerprint density at radius 2 is 2.08 bits per heavy atom. The van der Waals surface area contributed by atoms with E-state index in [0.717, 1.165) is 6.42 Å². The van der Waals surface area contributed by atoms with Gasteiger partial charge in [-0.1, -0.05) is 13.0 Å². The summed E-state index contributed by atoms with van der Waals surface area (Å²) in [6.07, 6.45) is 0.906. The number of ether oxygens (including phenoxy) is 1. The van der Waals surface area contributed by atoms with Gasteiger partial charge in [-0.05, 0) is 64.9 Å². The zero-order valence-electron chi connectivity index (χ0n) is 13.0. The molecule has 0 aromatic heterocycles. The predicted molar refractivity (Wildman–Crippen MR) is 102 cm³/mol. The minimum absolute atomic E-state index is 0.112. The standard InChI is InChI=1S/C17H17BrN2O3S/c1-2-8-23-15-7-6-11(9-14(15)18)16(22)20-17(24)19-12-4-3-5-13(21)10-12/h3-7,9-10,21H,2,8H2,1H3,(H2,19,20,22,24). The van der Waals surface area contributed by atoms with Crippen LogP contribution in [0.2, 0.25) is 0 Å². The van der Waals surface area contributed by atoms with Gasteiger partial charge in [-0.25, -0.2) is 0 Å². The van der Waals surface area contributed by atoms with Crippen molar-refractivity contribution in [3.05, 3.63) is 52.5 Å². The number of thiocarbonyl (C=S) groups is 1. The Labute approximate surface area is 154 Å². The van der Waals surface area contributed by atoms with E-state index in [9.17, 15) is 9.90 Å². The second-order valence-electron chi connectivity index (χ2n) is 4.95. The molecule has 126 valence electrons. The molecule has 24 heavy (non-hydrogen) atoms. The van der Waals surface area contributed by atoms with E-state index in [-0.39, 0.29) is 16.8 Å². The van der Waals surface area contributed by atoms with Crippen molar-refractivity contribution in [2.45, 2.75) is 13.3 Å². The number of rotatable bonds is 5. The van der Waals surface area contributed by atoms with E-state index in [1.807, 2.05) is 6.92 Å². The third-order valence-corrected chi connectivity index (χ3v) is 3.81.